The molecule has 0 bridgehead atoms. The first kappa shape index (κ1) is 17.5. The third-order valence-electron chi connectivity index (χ3n) is 3.53. The molecule has 0 aromatic rings. The van der Waals surface area contributed by atoms with Crippen molar-refractivity contribution in [2.75, 3.05) is 13.1 Å². The summed E-state index contributed by atoms with van der Waals surface area (Å²) < 4.78 is 0. The fraction of sp³-hybridized carbons (Fsp3) is 0.533. The van der Waals surface area contributed by atoms with Gasteiger partial charge in [0.15, 0.2) is 0 Å². The minimum Gasteiger partial charge on any atom is -0.366 e. The zero-order valence-corrected chi connectivity index (χ0v) is 13.2. The van der Waals surface area contributed by atoms with Crippen molar-refractivity contribution in [3.63, 3.8) is 0 Å². The summed E-state index contributed by atoms with van der Waals surface area (Å²) in [7, 11) is 0. The van der Waals surface area contributed by atoms with E-state index in [1.165, 1.54) is 11.8 Å². The van der Waals surface area contributed by atoms with E-state index in [9.17, 15) is 9.59 Å². The molecule has 1 fully saturated rings. The van der Waals surface area contributed by atoms with Gasteiger partial charge in [-0.25, -0.2) is 0 Å². The van der Waals surface area contributed by atoms with Gasteiger partial charge >= 0.3 is 0 Å². The zero-order valence-electron chi connectivity index (χ0n) is 12.4. The fourth-order valence-electron chi connectivity index (χ4n) is 2.08. The highest BCUT2D eigenvalue weighted by Crippen LogP contribution is 2.25. The summed E-state index contributed by atoms with van der Waals surface area (Å²) in [6.45, 7) is 6.66. The number of hydrogen-bond donors (Lipinski definition) is 2. The molecule has 1 heterocycles. The minimum atomic E-state index is -0.460. The average molecular weight is 309 g/mol. The summed E-state index contributed by atoms with van der Waals surface area (Å²) in [6, 6.07) is 0. The number of nitrogens with one attached hydrogen (secondary N) is 1. The number of nitrogens with two attached hydrogens (primary N) is 1. The summed E-state index contributed by atoms with van der Waals surface area (Å²) >= 11 is 1.25. The number of thioether (sulfide) groups is 1. The van der Waals surface area contributed by atoms with Gasteiger partial charge in [-0.05, 0) is 31.6 Å². The molecule has 0 aromatic carbocycles. The van der Waals surface area contributed by atoms with E-state index >= 15 is 0 Å². The summed E-state index contributed by atoms with van der Waals surface area (Å²) in [5, 5.41) is 10.2. The number of hydrogen-bond acceptors (Lipinski definition) is 4. The molecule has 116 valence electrons. The lowest BCUT2D eigenvalue weighted by Gasteiger charge is -2.32. The van der Waals surface area contributed by atoms with E-state index in [2.05, 4.69) is 6.58 Å². The monoisotopic (exact) mass is 309 g/mol. The molecule has 0 radical (unpaired) electrons. The van der Waals surface area contributed by atoms with Gasteiger partial charge in [0.1, 0.15) is 0 Å². The van der Waals surface area contributed by atoms with Crippen molar-refractivity contribution in [1.29, 1.82) is 5.41 Å². The molecule has 1 aliphatic rings. The molecule has 0 aromatic heterocycles. The molecule has 2 amide bonds. The first-order chi connectivity index (χ1) is 9.95. The molecule has 1 saturated heterocycles. The maximum absolute atomic E-state index is 11.9. The highest BCUT2D eigenvalue weighted by Gasteiger charge is 2.24. The van der Waals surface area contributed by atoms with E-state index in [0.29, 0.717) is 36.5 Å². The van der Waals surface area contributed by atoms with Gasteiger partial charge < -0.3 is 10.6 Å². The van der Waals surface area contributed by atoms with Crippen LogP contribution >= 0.6 is 11.8 Å². The Morgan fingerprint density at radius 2 is 2.05 bits per heavy atom. The number of carbonyl (C=O) groups is 2. The Bertz CT molecular complexity index is 452. The molecule has 0 unspecified atom stereocenters. The Morgan fingerprint density at radius 1 is 1.43 bits per heavy atom. The number of amides is 2. The van der Waals surface area contributed by atoms with Crippen LogP contribution in [0.3, 0.4) is 0 Å². The van der Waals surface area contributed by atoms with Crippen LogP contribution in [0.2, 0.25) is 0 Å². The molecule has 6 heteroatoms. The Kier molecular flexibility index (Phi) is 7.22. The first-order valence-corrected chi connectivity index (χ1v) is 7.94. The highest BCUT2D eigenvalue weighted by molar-refractivity contribution is 8.16. The summed E-state index contributed by atoms with van der Waals surface area (Å²) in [5.41, 5.74) is 5.61. The van der Waals surface area contributed by atoms with E-state index in [-0.39, 0.29) is 11.8 Å². The Morgan fingerprint density at radius 3 is 2.57 bits per heavy atom. The van der Waals surface area contributed by atoms with Crippen molar-refractivity contribution in [3.8, 4) is 0 Å². The van der Waals surface area contributed by atoms with Crippen molar-refractivity contribution in [2.45, 2.75) is 32.6 Å². The lowest BCUT2D eigenvalue weighted by molar-refractivity contribution is -0.132. The van der Waals surface area contributed by atoms with Gasteiger partial charge in [-0.15, -0.1) is 6.58 Å². The maximum Gasteiger partial charge on any atom is 0.244 e. The van der Waals surface area contributed by atoms with Crippen LogP contribution in [0.15, 0.2) is 23.6 Å². The number of nitrogens with zero attached hydrogens (tertiary/aromatic N) is 1. The number of rotatable bonds is 6. The Labute approximate surface area is 130 Å². The summed E-state index contributed by atoms with van der Waals surface area (Å²) in [4.78, 5) is 24.7. The van der Waals surface area contributed by atoms with Crippen LogP contribution in [0, 0.1) is 11.3 Å². The molecular weight excluding hydrogens is 286 g/mol. The van der Waals surface area contributed by atoms with Gasteiger partial charge in [-0.1, -0.05) is 17.8 Å². The predicted molar refractivity (Wildman–Crippen MR) is 87.0 cm³/mol. The second kappa shape index (κ2) is 8.67. The quantitative estimate of drug-likeness (QED) is 0.341. The van der Waals surface area contributed by atoms with Crippen LogP contribution in [-0.2, 0) is 9.59 Å². The normalized spacial score (nSPS) is 16.6. The second-order valence-corrected chi connectivity index (χ2v) is 6.04. The van der Waals surface area contributed by atoms with Crippen LogP contribution in [-0.4, -0.2) is 34.8 Å². The molecule has 0 spiro atoms. The van der Waals surface area contributed by atoms with Crippen molar-refractivity contribution in [3.05, 3.63) is 23.6 Å². The topological polar surface area (TPSA) is 87.2 Å². The lowest BCUT2D eigenvalue weighted by atomic mass is 9.97. The molecular formula is C15H23N3O2S. The van der Waals surface area contributed by atoms with Gasteiger partial charge in [0.2, 0.25) is 11.8 Å². The molecule has 3 N–H and O–H groups in total. The molecule has 21 heavy (non-hydrogen) atoms. The molecule has 1 rings (SSSR count). The molecule has 5 nitrogen and oxygen atoms in total. The van der Waals surface area contributed by atoms with Gasteiger partial charge in [0.25, 0.3) is 0 Å². The van der Waals surface area contributed by atoms with Crippen LogP contribution < -0.4 is 5.73 Å². The first-order valence-electron chi connectivity index (χ1n) is 7.06. The largest absolute Gasteiger partial charge is 0.366 e. The van der Waals surface area contributed by atoms with E-state index in [4.69, 9.17) is 11.1 Å². The molecule has 0 saturated carbocycles. The van der Waals surface area contributed by atoms with Gasteiger partial charge in [-0.2, -0.15) is 0 Å². The fourth-order valence-corrected chi connectivity index (χ4v) is 2.93. The minimum absolute atomic E-state index is 0.162. The summed E-state index contributed by atoms with van der Waals surface area (Å²) in [6.07, 6.45) is 4.58. The third-order valence-corrected chi connectivity index (χ3v) is 4.59. The molecule has 0 aliphatic carbocycles. The van der Waals surface area contributed by atoms with Crippen LogP contribution in [0.5, 0.6) is 0 Å². The number of allylic oxidation sites excluding steroid dienone is 1. The van der Waals surface area contributed by atoms with E-state index < -0.39 is 5.91 Å². The number of carbonyl (C=O) groups excluding carboxylic acids is 2. The standard InChI is InChI=1S/C15H23N3O2S/c1-3-4-5-13(19)18-8-6-12(7-9-18)15(17)21-10-11(2)14(16)20/h3,10,12,17H,1,4-9H2,2H3,(H2,16,20)/b11-10+,17-15?. The smallest absolute Gasteiger partial charge is 0.244 e. The SMILES string of the molecule is C=CCCC(=O)N1CCC(C(=N)S/C=C(\C)C(N)=O)CC1. The summed E-state index contributed by atoms with van der Waals surface area (Å²) in [5.74, 6) is -0.134. The average Bonchev–Trinajstić information content (AvgIpc) is 2.49. The van der Waals surface area contributed by atoms with Crippen LogP contribution in [0.1, 0.15) is 32.6 Å². The molecule has 0 atom stereocenters. The zero-order chi connectivity index (χ0) is 15.8. The van der Waals surface area contributed by atoms with E-state index in [1.54, 1.807) is 18.4 Å². The number of likely N-dealkylation sites (tertiary alicyclic amines) is 1. The van der Waals surface area contributed by atoms with Crippen molar-refractivity contribution >= 4 is 28.6 Å². The van der Waals surface area contributed by atoms with Gasteiger partial charge in [0.05, 0.1) is 5.04 Å². The van der Waals surface area contributed by atoms with Crippen molar-refractivity contribution in [2.24, 2.45) is 11.7 Å². The van der Waals surface area contributed by atoms with Crippen molar-refractivity contribution < 1.29 is 9.59 Å². The van der Waals surface area contributed by atoms with Crippen molar-refractivity contribution in [1.82, 2.24) is 4.90 Å². The molecule has 1 aliphatic heterocycles. The second-order valence-electron chi connectivity index (χ2n) is 5.13. The van der Waals surface area contributed by atoms with E-state index in [1.807, 2.05) is 4.90 Å². The van der Waals surface area contributed by atoms with Crippen LogP contribution in [0.4, 0.5) is 0 Å². The lowest BCUT2D eigenvalue weighted by Crippen LogP contribution is -2.39. The highest BCUT2D eigenvalue weighted by atomic mass is 32.2. The number of piperidine rings is 1. The Hall–Kier alpha value is -1.56. The maximum atomic E-state index is 11.9. The van der Waals surface area contributed by atoms with Gasteiger partial charge in [0, 0.05) is 31.0 Å². The third kappa shape index (κ3) is 5.75. The predicted octanol–water partition coefficient (Wildman–Crippen LogP) is 2.29. The van der Waals surface area contributed by atoms with Gasteiger partial charge in [-0.3, -0.25) is 15.0 Å². The van der Waals surface area contributed by atoms with Crippen LogP contribution in [0.25, 0.3) is 0 Å². The number of primary amides is 1. The Balaban J connectivity index is 2.40. The van der Waals surface area contributed by atoms with E-state index in [0.717, 1.165) is 12.8 Å².